The number of allylic oxidation sites excluding steroid dienone is 1. The van der Waals surface area contributed by atoms with Gasteiger partial charge in [-0.3, -0.25) is 0 Å². The highest BCUT2D eigenvalue weighted by atomic mass is 16.3. The van der Waals surface area contributed by atoms with Crippen molar-refractivity contribution in [3.8, 4) is 5.75 Å². The first-order valence-corrected chi connectivity index (χ1v) is 8.82. The van der Waals surface area contributed by atoms with Crippen LogP contribution in [-0.2, 0) is 18.3 Å². The van der Waals surface area contributed by atoms with Gasteiger partial charge in [0.15, 0.2) is 0 Å². The van der Waals surface area contributed by atoms with Crippen molar-refractivity contribution in [3.05, 3.63) is 41.5 Å². The summed E-state index contributed by atoms with van der Waals surface area (Å²) in [5.41, 5.74) is 4.35. The number of fused-ring (bicyclic) bond motifs is 1. The molecule has 0 amide bonds. The second-order valence-electron chi connectivity index (χ2n) is 7.64. The number of likely N-dealkylation sites (tertiary alicyclic amines) is 1. The number of rotatable bonds is 2. The van der Waals surface area contributed by atoms with Crippen LogP contribution in [0.2, 0.25) is 0 Å². The van der Waals surface area contributed by atoms with Gasteiger partial charge in [-0.2, -0.15) is 0 Å². The van der Waals surface area contributed by atoms with Crippen molar-refractivity contribution >= 4 is 0 Å². The van der Waals surface area contributed by atoms with Crippen molar-refractivity contribution in [1.29, 1.82) is 0 Å². The summed E-state index contributed by atoms with van der Waals surface area (Å²) in [6, 6.07) is 5.08. The van der Waals surface area contributed by atoms with Gasteiger partial charge in [0.05, 0.1) is 0 Å². The summed E-state index contributed by atoms with van der Waals surface area (Å²) in [5.74, 6) is 1.27. The van der Waals surface area contributed by atoms with Gasteiger partial charge < -0.3 is 10.0 Å². The van der Waals surface area contributed by atoms with Gasteiger partial charge in [-0.1, -0.05) is 25.0 Å². The average molecular weight is 297 g/mol. The molecule has 1 N–H and O–H groups in total. The molecule has 1 heterocycles. The molecule has 2 nitrogen and oxygen atoms in total. The third-order valence-corrected chi connectivity index (χ3v) is 6.67. The number of piperidine rings is 1. The molecule has 2 aliphatic carbocycles. The molecule has 0 radical (unpaired) electrons. The van der Waals surface area contributed by atoms with Crippen molar-refractivity contribution in [3.63, 3.8) is 0 Å². The zero-order chi connectivity index (χ0) is 15.3. The van der Waals surface area contributed by atoms with E-state index in [0.29, 0.717) is 17.2 Å². The highest BCUT2D eigenvalue weighted by molar-refractivity contribution is 5.49. The zero-order valence-electron chi connectivity index (χ0n) is 13.6. The Morgan fingerprint density at radius 1 is 1.36 bits per heavy atom. The highest BCUT2D eigenvalue weighted by Crippen LogP contribution is 2.56. The maximum atomic E-state index is 10.5. The predicted octanol–water partition coefficient (Wildman–Crippen LogP) is 3.81. The Balaban J connectivity index is 1.87. The van der Waals surface area contributed by atoms with Crippen LogP contribution in [0.5, 0.6) is 5.75 Å². The van der Waals surface area contributed by atoms with E-state index in [-0.39, 0.29) is 0 Å². The van der Waals surface area contributed by atoms with E-state index in [9.17, 15) is 5.11 Å². The molecule has 1 aromatic rings. The third kappa shape index (κ3) is 1.89. The zero-order valence-corrected chi connectivity index (χ0v) is 13.6. The van der Waals surface area contributed by atoms with E-state index >= 15 is 0 Å². The highest BCUT2D eigenvalue weighted by Gasteiger charge is 2.53. The quantitative estimate of drug-likeness (QED) is 0.839. The van der Waals surface area contributed by atoms with Crippen molar-refractivity contribution < 1.29 is 5.11 Å². The number of aromatic hydroxyl groups is 1. The second-order valence-corrected chi connectivity index (χ2v) is 7.64. The molecule has 3 aliphatic rings. The Hall–Kier alpha value is -1.28. The first kappa shape index (κ1) is 14.3. The first-order chi connectivity index (χ1) is 10.7. The topological polar surface area (TPSA) is 23.5 Å². The maximum Gasteiger partial charge on any atom is 0.119 e. The molecule has 2 bridgehead atoms. The summed E-state index contributed by atoms with van der Waals surface area (Å²) in [4.78, 5) is 2.59. The molecule has 0 aromatic heterocycles. The molecule has 1 aromatic carbocycles. The van der Waals surface area contributed by atoms with Gasteiger partial charge in [-0.25, -0.2) is 0 Å². The van der Waals surface area contributed by atoms with Crippen molar-refractivity contribution in [1.82, 2.24) is 4.90 Å². The summed E-state index contributed by atoms with van der Waals surface area (Å²) < 4.78 is 0. The number of phenols is 1. The standard InChI is InChI=1S/C20H27NO/c1-3-6-14-11-15-12-18-16-7-4-5-8-20(16,9-10-21(18)2)17(15)13-19(14)22/h3,11,13,16,18,22H,1,4-10,12H2,2H3/t16-,18-,20-/m0/s1. The fraction of sp³-hybridized carbons (Fsp3) is 0.600. The SMILES string of the molecule is C=CCc1cc2c(cc1O)[C@]13CCCC[C@H]1[C@H](C2)N(C)CC3. The van der Waals surface area contributed by atoms with Crippen LogP contribution in [0, 0.1) is 5.92 Å². The lowest BCUT2D eigenvalue weighted by Gasteiger charge is -2.58. The van der Waals surface area contributed by atoms with Crippen LogP contribution >= 0.6 is 0 Å². The molecule has 1 aliphatic heterocycles. The van der Waals surface area contributed by atoms with Crippen LogP contribution < -0.4 is 0 Å². The average Bonchev–Trinajstić information content (AvgIpc) is 2.53. The number of benzene rings is 1. The molecule has 118 valence electrons. The molecule has 0 unspecified atom stereocenters. The normalized spacial score (nSPS) is 33.9. The molecule has 3 atom stereocenters. The fourth-order valence-electron chi connectivity index (χ4n) is 5.61. The maximum absolute atomic E-state index is 10.5. The van der Waals surface area contributed by atoms with Crippen LogP contribution in [0.3, 0.4) is 0 Å². The van der Waals surface area contributed by atoms with E-state index in [1.807, 2.05) is 6.08 Å². The number of hydrogen-bond acceptors (Lipinski definition) is 2. The lowest BCUT2D eigenvalue weighted by Crippen LogP contribution is -2.59. The Morgan fingerprint density at radius 2 is 2.23 bits per heavy atom. The summed E-state index contributed by atoms with van der Waals surface area (Å²) in [6.45, 7) is 5.03. The minimum absolute atomic E-state index is 0.340. The van der Waals surface area contributed by atoms with Crippen molar-refractivity contribution in [2.75, 3.05) is 13.6 Å². The van der Waals surface area contributed by atoms with Crippen LogP contribution in [0.25, 0.3) is 0 Å². The van der Waals surface area contributed by atoms with Gasteiger partial charge in [0, 0.05) is 11.5 Å². The number of hydrogen-bond donors (Lipinski definition) is 1. The largest absolute Gasteiger partial charge is 0.508 e. The fourth-order valence-corrected chi connectivity index (χ4v) is 5.61. The van der Waals surface area contributed by atoms with E-state index in [0.717, 1.165) is 24.3 Å². The Labute approximate surface area is 133 Å². The molecule has 0 spiro atoms. The van der Waals surface area contributed by atoms with Crippen LogP contribution in [0.15, 0.2) is 24.8 Å². The van der Waals surface area contributed by atoms with E-state index < -0.39 is 0 Å². The summed E-state index contributed by atoms with van der Waals surface area (Å²) in [6.07, 6.45) is 10.5. The van der Waals surface area contributed by atoms with E-state index in [1.165, 1.54) is 49.8 Å². The molecular formula is C20H27NO. The van der Waals surface area contributed by atoms with Crippen LogP contribution in [-0.4, -0.2) is 29.6 Å². The van der Waals surface area contributed by atoms with E-state index in [1.54, 1.807) is 0 Å². The van der Waals surface area contributed by atoms with Crippen LogP contribution in [0.4, 0.5) is 0 Å². The molecule has 2 fully saturated rings. The predicted molar refractivity (Wildman–Crippen MR) is 90.4 cm³/mol. The van der Waals surface area contributed by atoms with Crippen molar-refractivity contribution in [2.24, 2.45) is 5.92 Å². The summed E-state index contributed by atoms with van der Waals surface area (Å²) in [5, 5.41) is 10.5. The van der Waals surface area contributed by atoms with E-state index in [2.05, 4.69) is 30.7 Å². The van der Waals surface area contributed by atoms with Gasteiger partial charge in [0.2, 0.25) is 0 Å². The molecule has 2 heteroatoms. The summed E-state index contributed by atoms with van der Waals surface area (Å²) >= 11 is 0. The molecular weight excluding hydrogens is 270 g/mol. The number of nitrogens with zero attached hydrogens (tertiary/aromatic N) is 1. The van der Waals surface area contributed by atoms with Gasteiger partial charge >= 0.3 is 0 Å². The third-order valence-electron chi connectivity index (χ3n) is 6.67. The minimum Gasteiger partial charge on any atom is -0.508 e. The Morgan fingerprint density at radius 3 is 3.05 bits per heavy atom. The minimum atomic E-state index is 0.340. The summed E-state index contributed by atoms with van der Waals surface area (Å²) in [7, 11) is 2.30. The molecule has 22 heavy (non-hydrogen) atoms. The molecule has 4 rings (SSSR count). The first-order valence-electron chi connectivity index (χ1n) is 8.82. The van der Waals surface area contributed by atoms with E-state index in [4.69, 9.17) is 0 Å². The molecule has 1 saturated carbocycles. The monoisotopic (exact) mass is 297 g/mol. The lowest BCUT2D eigenvalue weighted by molar-refractivity contribution is 0.00271. The molecule has 1 saturated heterocycles. The Kier molecular flexibility index (Phi) is 3.34. The Bertz CT molecular complexity index is 608. The second kappa shape index (κ2) is 5.13. The van der Waals surface area contributed by atoms with Crippen molar-refractivity contribution in [2.45, 2.75) is 56.4 Å². The smallest absolute Gasteiger partial charge is 0.119 e. The number of likely N-dealkylation sites (N-methyl/N-ethyl adjacent to an activating group) is 1. The van der Waals surface area contributed by atoms with Crippen LogP contribution in [0.1, 0.15) is 48.8 Å². The van der Waals surface area contributed by atoms with Gasteiger partial charge in [-0.15, -0.1) is 6.58 Å². The van der Waals surface area contributed by atoms with Gasteiger partial charge in [-0.05, 0) is 74.4 Å². The van der Waals surface area contributed by atoms with Gasteiger partial charge in [0.1, 0.15) is 5.75 Å². The lowest BCUT2D eigenvalue weighted by atomic mass is 9.52. The number of phenolic OH excluding ortho intramolecular Hbond substituents is 1. The van der Waals surface area contributed by atoms with Gasteiger partial charge in [0.25, 0.3) is 0 Å².